The van der Waals surface area contributed by atoms with Crippen LogP contribution in [0.25, 0.3) is 0 Å². The summed E-state index contributed by atoms with van der Waals surface area (Å²) in [5.74, 6) is 0.238. The molecule has 2 aromatic rings. The second-order valence-electron chi connectivity index (χ2n) is 6.21. The number of carbonyl (C=O) groups is 2. The third kappa shape index (κ3) is 3.65. The van der Waals surface area contributed by atoms with Crippen molar-refractivity contribution < 1.29 is 28.9 Å². The molecule has 0 aliphatic carbocycles. The summed E-state index contributed by atoms with van der Waals surface area (Å²) in [5.41, 5.74) is 2.10. The first kappa shape index (κ1) is 17.2. The molecule has 0 aromatic heterocycles. The molecule has 2 amide bonds. The van der Waals surface area contributed by atoms with Crippen LogP contribution in [0, 0.1) is 0 Å². The third-order valence-corrected chi connectivity index (χ3v) is 4.39. The van der Waals surface area contributed by atoms with Crippen LogP contribution in [-0.4, -0.2) is 36.9 Å². The summed E-state index contributed by atoms with van der Waals surface area (Å²) in [4.78, 5) is 24.0. The van der Waals surface area contributed by atoms with Crippen LogP contribution >= 0.6 is 0 Å². The maximum atomic E-state index is 12.0. The number of anilines is 1. The second-order valence-corrected chi connectivity index (χ2v) is 6.21. The van der Waals surface area contributed by atoms with Gasteiger partial charge in [0.1, 0.15) is 5.75 Å². The zero-order valence-corrected chi connectivity index (χ0v) is 14.4. The Morgan fingerprint density at radius 3 is 2.70 bits per heavy atom. The van der Waals surface area contributed by atoms with Crippen molar-refractivity contribution in [3.8, 4) is 17.2 Å². The Kier molecular flexibility index (Phi) is 4.55. The van der Waals surface area contributed by atoms with E-state index in [1.54, 1.807) is 30.3 Å². The standard InChI is InChI=1S/C19H18N2O6/c22-14(11-1-3-15-12(7-11)5-6-25-15)9-20-18(23)19(24)21-13-2-4-16-17(8-13)27-10-26-16/h1-4,7-8,14,22H,5-6,9-10H2,(H,20,23)(H,21,24). The molecule has 0 spiro atoms. The van der Waals surface area contributed by atoms with Crippen LogP contribution in [-0.2, 0) is 16.0 Å². The molecule has 0 saturated carbocycles. The largest absolute Gasteiger partial charge is 0.493 e. The van der Waals surface area contributed by atoms with E-state index in [0.717, 1.165) is 17.7 Å². The number of aliphatic hydroxyl groups is 1. The van der Waals surface area contributed by atoms with Gasteiger partial charge in [-0.05, 0) is 35.4 Å². The smallest absolute Gasteiger partial charge is 0.313 e. The van der Waals surface area contributed by atoms with E-state index in [1.165, 1.54) is 0 Å². The fraction of sp³-hybridized carbons (Fsp3) is 0.263. The molecule has 3 N–H and O–H groups in total. The topological polar surface area (TPSA) is 106 Å². The van der Waals surface area contributed by atoms with Gasteiger partial charge in [-0.1, -0.05) is 6.07 Å². The van der Waals surface area contributed by atoms with Crippen molar-refractivity contribution in [3.05, 3.63) is 47.5 Å². The quantitative estimate of drug-likeness (QED) is 0.697. The van der Waals surface area contributed by atoms with Gasteiger partial charge in [0.25, 0.3) is 0 Å². The molecule has 140 valence electrons. The van der Waals surface area contributed by atoms with Crippen LogP contribution in [0.3, 0.4) is 0 Å². The SMILES string of the molecule is O=C(NCC(O)c1ccc2c(c1)CCO2)C(=O)Nc1ccc2c(c1)OCO2. The van der Waals surface area contributed by atoms with Gasteiger partial charge in [-0.15, -0.1) is 0 Å². The zero-order chi connectivity index (χ0) is 18.8. The monoisotopic (exact) mass is 370 g/mol. The van der Waals surface area contributed by atoms with Crippen molar-refractivity contribution in [1.29, 1.82) is 0 Å². The van der Waals surface area contributed by atoms with Gasteiger partial charge in [0.15, 0.2) is 11.5 Å². The van der Waals surface area contributed by atoms with E-state index in [1.807, 2.05) is 6.07 Å². The molecule has 0 radical (unpaired) electrons. The summed E-state index contributed by atoms with van der Waals surface area (Å²) < 4.78 is 15.8. The van der Waals surface area contributed by atoms with Gasteiger partial charge in [0.05, 0.1) is 12.7 Å². The van der Waals surface area contributed by atoms with Gasteiger partial charge in [-0.2, -0.15) is 0 Å². The van der Waals surface area contributed by atoms with Crippen molar-refractivity contribution in [2.75, 3.05) is 25.3 Å². The number of nitrogens with one attached hydrogen (secondary N) is 2. The summed E-state index contributed by atoms with van der Waals surface area (Å²) in [6, 6.07) is 10.2. The van der Waals surface area contributed by atoms with Crippen LogP contribution in [0.1, 0.15) is 17.2 Å². The molecule has 2 aliphatic heterocycles. The van der Waals surface area contributed by atoms with E-state index in [-0.39, 0.29) is 13.3 Å². The number of fused-ring (bicyclic) bond motifs is 2. The molecule has 0 saturated heterocycles. The molecule has 27 heavy (non-hydrogen) atoms. The van der Waals surface area contributed by atoms with Gasteiger partial charge in [-0.3, -0.25) is 9.59 Å². The van der Waals surface area contributed by atoms with Gasteiger partial charge in [0, 0.05) is 24.7 Å². The molecular weight excluding hydrogens is 352 g/mol. The average Bonchev–Trinajstić information content (AvgIpc) is 3.33. The van der Waals surface area contributed by atoms with Crippen molar-refractivity contribution in [1.82, 2.24) is 5.32 Å². The molecule has 1 atom stereocenters. The highest BCUT2D eigenvalue weighted by Gasteiger charge is 2.20. The minimum absolute atomic E-state index is 0.0764. The highest BCUT2D eigenvalue weighted by molar-refractivity contribution is 6.39. The van der Waals surface area contributed by atoms with E-state index in [4.69, 9.17) is 14.2 Å². The summed E-state index contributed by atoms with van der Waals surface area (Å²) in [7, 11) is 0. The van der Waals surface area contributed by atoms with Crippen LogP contribution in [0.4, 0.5) is 5.69 Å². The van der Waals surface area contributed by atoms with E-state index < -0.39 is 17.9 Å². The molecule has 8 nitrogen and oxygen atoms in total. The number of aliphatic hydroxyl groups excluding tert-OH is 1. The molecule has 2 aliphatic rings. The Hall–Kier alpha value is -3.26. The number of benzene rings is 2. The molecule has 1 unspecified atom stereocenters. The number of amides is 2. The van der Waals surface area contributed by atoms with Crippen molar-refractivity contribution in [2.45, 2.75) is 12.5 Å². The molecule has 2 heterocycles. The van der Waals surface area contributed by atoms with Gasteiger partial charge < -0.3 is 30.0 Å². The van der Waals surface area contributed by atoms with E-state index in [9.17, 15) is 14.7 Å². The van der Waals surface area contributed by atoms with E-state index in [2.05, 4.69) is 10.6 Å². The average molecular weight is 370 g/mol. The Balaban J connectivity index is 1.31. The lowest BCUT2D eigenvalue weighted by Crippen LogP contribution is -2.37. The first-order valence-corrected chi connectivity index (χ1v) is 8.52. The second kappa shape index (κ2) is 7.16. The fourth-order valence-corrected chi connectivity index (χ4v) is 2.96. The Bertz CT molecular complexity index is 898. The summed E-state index contributed by atoms with van der Waals surface area (Å²) >= 11 is 0. The zero-order valence-electron chi connectivity index (χ0n) is 14.4. The molecular formula is C19H18N2O6. The lowest BCUT2D eigenvalue weighted by Gasteiger charge is -2.13. The summed E-state index contributed by atoms with van der Waals surface area (Å²) in [5, 5.41) is 15.2. The van der Waals surface area contributed by atoms with E-state index in [0.29, 0.717) is 29.4 Å². The minimum Gasteiger partial charge on any atom is -0.493 e. The number of hydrogen-bond acceptors (Lipinski definition) is 6. The van der Waals surface area contributed by atoms with Gasteiger partial charge in [-0.25, -0.2) is 0 Å². The predicted octanol–water partition coefficient (Wildman–Crippen LogP) is 1.14. The number of hydrogen-bond donors (Lipinski definition) is 3. The predicted molar refractivity (Wildman–Crippen MR) is 94.8 cm³/mol. The maximum Gasteiger partial charge on any atom is 0.313 e. The van der Waals surface area contributed by atoms with Gasteiger partial charge >= 0.3 is 11.8 Å². The molecule has 2 aromatic carbocycles. The minimum atomic E-state index is -0.918. The normalized spacial score (nSPS) is 14.9. The van der Waals surface area contributed by atoms with Crippen LogP contribution < -0.4 is 24.8 Å². The number of ether oxygens (including phenoxy) is 3. The Labute approximate surface area is 155 Å². The Morgan fingerprint density at radius 1 is 1.00 bits per heavy atom. The molecule has 8 heteroatoms. The van der Waals surface area contributed by atoms with E-state index >= 15 is 0 Å². The van der Waals surface area contributed by atoms with Crippen LogP contribution in [0.5, 0.6) is 17.2 Å². The van der Waals surface area contributed by atoms with Crippen molar-refractivity contribution in [3.63, 3.8) is 0 Å². The maximum absolute atomic E-state index is 12.0. The first-order chi connectivity index (χ1) is 13.1. The fourth-order valence-electron chi connectivity index (χ4n) is 2.96. The van der Waals surface area contributed by atoms with Gasteiger partial charge in [0.2, 0.25) is 6.79 Å². The Morgan fingerprint density at radius 2 is 1.81 bits per heavy atom. The highest BCUT2D eigenvalue weighted by Crippen LogP contribution is 2.34. The molecule has 0 bridgehead atoms. The third-order valence-electron chi connectivity index (χ3n) is 4.39. The number of rotatable bonds is 4. The van der Waals surface area contributed by atoms with Crippen LogP contribution in [0.15, 0.2) is 36.4 Å². The summed E-state index contributed by atoms with van der Waals surface area (Å²) in [6.07, 6.45) is -0.126. The molecule has 0 fully saturated rings. The molecule has 4 rings (SSSR count). The summed E-state index contributed by atoms with van der Waals surface area (Å²) in [6.45, 7) is 0.679. The van der Waals surface area contributed by atoms with Crippen molar-refractivity contribution in [2.24, 2.45) is 0 Å². The highest BCUT2D eigenvalue weighted by atomic mass is 16.7. The lowest BCUT2D eigenvalue weighted by molar-refractivity contribution is -0.136. The van der Waals surface area contributed by atoms with Crippen molar-refractivity contribution >= 4 is 17.5 Å². The lowest BCUT2D eigenvalue weighted by atomic mass is 10.0. The first-order valence-electron chi connectivity index (χ1n) is 8.52. The number of carbonyl (C=O) groups excluding carboxylic acids is 2. The van der Waals surface area contributed by atoms with Crippen LogP contribution in [0.2, 0.25) is 0 Å².